The Hall–Kier alpha value is -0.130. The smallest absolute Gasteiger partial charge is 0.236 e. The topological polar surface area (TPSA) is 46.6 Å². The van der Waals surface area contributed by atoms with Gasteiger partial charge in [0.1, 0.15) is 0 Å². The molecule has 5 heteroatoms. The van der Waals surface area contributed by atoms with E-state index in [1.165, 1.54) is 14.2 Å². The van der Waals surface area contributed by atoms with Crippen molar-refractivity contribution in [3.8, 4) is 0 Å². The van der Waals surface area contributed by atoms with E-state index in [1.54, 1.807) is 0 Å². The van der Waals surface area contributed by atoms with Gasteiger partial charge in [-0.1, -0.05) is 4.47 Å². The summed E-state index contributed by atoms with van der Waals surface area (Å²) in [6, 6.07) is 0. The van der Waals surface area contributed by atoms with Gasteiger partial charge in [-0.2, -0.15) is 0 Å². The van der Waals surface area contributed by atoms with E-state index >= 15 is 0 Å². The Morgan fingerprint density at radius 1 is 1.55 bits per heavy atom. The molecule has 0 aliphatic heterocycles. The van der Waals surface area contributed by atoms with Crippen molar-refractivity contribution in [1.29, 1.82) is 0 Å². The summed E-state index contributed by atoms with van der Waals surface area (Å²) in [6.45, 7) is 0. The fraction of sp³-hybridized carbons (Fsp3) is 1.00. The van der Waals surface area contributed by atoms with Crippen molar-refractivity contribution in [2.45, 2.75) is 12.8 Å². The van der Waals surface area contributed by atoms with Crippen molar-refractivity contribution in [2.75, 3.05) is 19.9 Å². The molecule has 0 N–H and O–H groups in total. The number of hydrogen-bond acceptors (Lipinski definition) is 3. The van der Waals surface area contributed by atoms with Crippen LogP contribution in [-0.2, 0) is 14.9 Å². The summed E-state index contributed by atoms with van der Waals surface area (Å²) in [5, 5.41) is 0. The van der Waals surface area contributed by atoms with Crippen LogP contribution in [0.3, 0.4) is 0 Å². The lowest BCUT2D eigenvalue weighted by molar-refractivity contribution is -0.0259. The van der Waals surface area contributed by atoms with E-state index in [2.05, 4.69) is 4.84 Å². The van der Waals surface area contributed by atoms with Crippen LogP contribution in [-0.4, -0.2) is 32.8 Å². The van der Waals surface area contributed by atoms with E-state index in [0.717, 1.165) is 17.3 Å². The summed E-state index contributed by atoms with van der Waals surface area (Å²) in [4.78, 5) is 4.59. The van der Waals surface area contributed by atoms with Gasteiger partial charge in [0.25, 0.3) is 0 Å². The van der Waals surface area contributed by atoms with E-state index in [1.807, 2.05) is 0 Å². The summed E-state index contributed by atoms with van der Waals surface area (Å²) in [7, 11) is -0.370. The van der Waals surface area contributed by atoms with Crippen LogP contribution in [0.25, 0.3) is 0 Å². The molecule has 1 saturated carbocycles. The molecule has 0 bridgehead atoms. The monoisotopic (exact) mass is 179 g/mol. The number of hydrogen-bond donors (Lipinski definition) is 0. The van der Waals surface area contributed by atoms with Crippen molar-refractivity contribution < 1.29 is 13.3 Å². The van der Waals surface area contributed by atoms with Gasteiger partial charge in [-0.15, -0.1) is 0 Å². The molecule has 0 saturated heterocycles. The Morgan fingerprint density at radius 2 is 2.09 bits per heavy atom. The molecule has 11 heavy (non-hydrogen) atoms. The normalized spacial score (nSPS) is 19.2. The Bertz CT molecular complexity index is 220. The lowest BCUT2D eigenvalue weighted by Gasteiger charge is -2.12. The minimum Gasteiger partial charge on any atom is -0.288 e. The molecule has 0 spiro atoms. The van der Waals surface area contributed by atoms with Gasteiger partial charge in [0.05, 0.1) is 12.9 Å². The molecule has 1 rings (SSSR count). The van der Waals surface area contributed by atoms with Crippen LogP contribution in [0.4, 0.5) is 0 Å². The maximum absolute atomic E-state index is 11.2. The molecule has 1 aliphatic carbocycles. The molecule has 66 valence electrons. The summed E-state index contributed by atoms with van der Waals surface area (Å²) in [6.07, 6.45) is 2.08. The van der Waals surface area contributed by atoms with Crippen molar-refractivity contribution in [3.63, 3.8) is 0 Å². The molecule has 1 aliphatic rings. The highest BCUT2D eigenvalue weighted by Crippen LogP contribution is 2.30. The summed E-state index contributed by atoms with van der Waals surface area (Å²) >= 11 is 0. The summed E-state index contributed by atoms with van der Waals surface area (Å²) < 4.78 is 23.3. The zero-order valence-electron chi connectivity index (χ0n) is 6.78. The van der Waals surface area contributed by atoms with E-state index in [9.17, 15) is 8.42 Å². The lowest BCUT2D eigenvalue weighted by Crippen LogP contribution is -2.28. The van der Waals surface area contributed by atoms with Crippen LogP contribution in [0.15, 0.2) is 0 Å². The maximum Gasteiger partial charge on any atom is 0.236 e. The number of nitrogens with zero attached hydrogens (tertiary/aromatic N) is 1. The third kappa shape index (κ3) is 2.43. The first kappa shape index (κ1) is 8.96. The fourth-order valence-corrected chi connectivity index (χ4v) is 2.17. The van der Waals surface area contributed by atoms with E-state index < -0.39 is 10.0 Å². The van der Waals surface area contributed by atoms with Gasteiger partial charge >= 0.3 is 0 Å². The molecule has 0 aromatic carbocycles. The Kier molecular flexibility index (Phi) is 2.51. The zero-order chi connectivity index (χ0) is 8.48. The minimum atomic E-state index is -3.14. The average Bonchev–Trinajstić information content (AvgIpc) is 2.69. The molecule has 0 unspecified atom stereocenters. The van der Waals surface area contributed by atoms with E-state index in [-0.39, 0.29) is 5.75 Å². The number of rotatable bonds is 4. The van der Waals surface area contributed by atoms with E-state index in [0.29, 0.717) is 5.92 Å². The Balaban J connectivity index is 2.50. The van der Waals surface area contributed by atoms with Crippen LogP contribution >= 0.6 is 0 Å². The molecule has 0 atom stereocenters. The lowest BCUT2D eigenvalue weighted by atomic mass is 10.5. The van der Waals surface area contributed by atoms with Crippen LogP contribution in [0.5, 0.6) is 0 Å². The molecular weight excluding hydrogens is 166 g/mol. The van der Waals surface area contributed by atoms with Crippen LogP contribution in [0.1, 0.15) is 12.8 Å². The molecule has 1 fully saturated rings. The highest BCUT2D eigenvalue weighted by atomic mass is 32.2. The van der Waals surface area contributed by atoms with Gasteiger partial charge in [-0.3, -0.25) is 4.84 Å². The second-order valence-corrected chi connectivity index (χ2v) is 4.83. The largest absolute Gasteiger partial charge is 0.288 e. The first-order valence-electron chi connectivity index (χ1n) is 3.57. The van der Waals surface area contributed by atoms with Gasteiger partial charge < -0.3 is 0 Å². The van der Waals surface area contributed by atoms with Crippen LogP contribution in [0, 0.1) is 5.92 Å². The molecule has 0 heterocycles. The molecule has 0 radical (unpaired) electrons. The highest BCUT2D eigenvalue weighted by molar-refractivity contribution is 7.88. The average molecular weight is 179 g/mol. The zero-order valence-corrected chi connectivity index (χ0v) is 7.60. The highest BCUT2D eigenvalue weighted by Gasteiger charge is 2.30. The molecular formula is C6H13NO3S. The second-order valence-electron chi connectivity index (χ2n) is 2.81. The van der Waals surface area contributed by atoms with Gasteiger partial charge in [0.15, 0.2) is 0 Å². The Labute approximate surface area is 67.1 Å². The standard InChI is InChI=1S/C6H13NO3S/c1-7(10-2)11(8,9)5-6-3-4-6/h6H,3-5H2,1-2H3. The molecule has 0 aromatic heterocycles. The number of hydroxylamine groups is 1. The summed E-state index contributed by atoms with van der Waals surface area (Å²) in [5.74, 6) is 0.606. The molecule has 0 aromatic rings. The molecule has 0 amide bonds. The van der Waals surface area contributed by atoms with Crippen LogP contribution < -0.4 is 0 Å². The van der Waals surface area contributed by atoms with Crippen molar-refractivity contribution >= 4 is 10.0 Å². The van der Waals surface area contributed by atoms with Gasteiger partial charge in [-0.25, -0.2) is 8.42 Å². The van der Waals surface area contributed by atoms with Crippen LogP contribution in [0.2, 0.25) is 0 Å². The van der Waals surface area contributed by atoms with Crippen molar-refractivity contribution in [2.24, 2.45) is 5.92 Å². The van der Waals surface area contributed by atoms with E-state index in [4.69, 9.17) is 0 Å². The van der Waals surface area contributed by atoms with Gasteiger partial charge in [-0.05, 0) is 18.8 Å². The molecule has 4 nitrogen and oxygen atoms in total. The predicted molar refractivity (Wildman–Crippen MR) is 41.3 cm³/mol. The quantitative estimate of drug-likeness (QED) is 0.580. The second kappa shape index (κ2) is 3.08. The first-order valence-corrected chi connectivity index (χ1v) is 5.18. The summed E-state index contributed by atoms with van der Waals surface area (Å²) in [5.41, 5.74) is 0. The van der Waals surface area contributed by atoms with Gasteiger partial charge in [0.2, 0.25) is 10.0 Å². The predicted octanol–water partition coefficient (Wildman–Crippen LogP) is 0.219. The fourth-order valence-electron chi connectivity index (χ4n) is 0.801. The van der Waals surface area contributed by atoms with Crippen molar-refractivity contribution in [3.05, 3.63) is 0 Å². The number of sulfonamides is 1. The first-order chi connectivity index (χ1) is 5.06. The van der Waals surface area contributed by atoms with Gasteiger partial charge in [0, 0.05) is 7.05 Å². The minimum absolute atomic E-state index is 0.233. The maximum atomic E-state index is 11.2. The third-order valence-corrected chi connectivity index (χ3v) is 3.62. The van der Waals surface area contributed by atoms with Crippen molar-refractivity contribution in [1.82, 2.24) is 4.47 Å². The Morgan fingerprint density at radius 3 is 2.45 bits per heavy atom. The third-order valence-electron chi connectivity index (χ3n) is 1.79. The SMILES string of the molecule is CON(C)S(=O)(=O)CC1CC1.